The Labute approximate surface area is 162 Å². The summed E-state index contributed by atoms with van der Waals surface area (Å²) in [6.45, 7) is 9.60. The number of carboxylic acids is 1. The van der Waals surface area contributed by atoms with Crippen LogP contribution < -0.4 is 10.2 Å². The molecule has 10 heteroatoms. The van der Waals surface area contributed by atoms with E-state index in [1.165, 1.54) is 0 Å². The lowest BCUT2D eigenvalue weighted by atomic mass is 10.1. The van der Waals surface area contributed by atoms with Crippen LogP contribution in [-0.2, 0) is 4.79 Å². The number of rotatable bonds is 4. The van der Waals surface area contributed by atoms with Crippen molar-refractivity contribution < 1.29 is 14.7 Å². The van der Waals surface area contributed by atoms with Gasteiger partial charge in [0.1, 0.15) is 11.0 Å². The number of anilines is 1. The van der Waals surface area contributed by atoms with Gasteiger partial charge < -0.3 is 20.2 Å². The second-order valence-electron chi connectivity index (χ2n) is 7.18. The lowest BCUT2D eigenvalue weighted by molar-refractivity contribution is -0.133. The quantitative estimate of drug-likeness (QED) is 0.453. The molecule has 0 radical (unpaired) electrons. The van der Waals surface area contributed by atoms with Gasteiger partial charge in [0.05, 0.1) is 5.75 Å². The second-order valence-corrected chi connectivity index (χ2v) is 8.51. The third kappa shape index (κ3) is 5.91. The van der Waals surface area contributed by atoms with E-state index in [4.69, 9.17) is 16.7 Å². The van der Waals surface area contributed by atoms with Gasteiger partial charge in [0.2, 0.25) is 0 Å². The van der Waals surface area contributed by atoms with Crippen LogP contribution in [0.5, 0.6) is 0 Å². The Balaban J connectivity index is 2.06. The average Bonchev–Trinajstić information content (AvgIpc) is 2.50. The maximum Gasteiger partial charge on any atom is 0.318 e. The lowest BCUT2D eigenvalue weighted by Gasteiger charge is -2.41. The molecule has 8 nitrogen and oxygen atoms in total. The highest BCUT2D eigenvalue weighted by molar-refractivity contribution is 7.99. The Morgan fingerprint density at radius 2 is 2.08 bits per heavy atom. The molecule has 2 N–H and O–H groups in total. The van der Waals surface area contributed by atoms with E-state index in [1.54, 1.807) is 6.07 Å². The van der Waals surface area contributed by atoms with Crippen LogP contribution in [-0.4, -0.2) is 68.9 Å². The summed E-state index contributed by atoms with van der Waals surface area (Å²) in [7, 11) is 0. The van der Waals surface area contributed by atoms with Gasteiger partial charge in [0, 0.05) is 37.3 Å². The number of amides is 2. The summed E-state index contributed by atoms with van der Waals surface area (Å²) in [4.78, 5) is 35.4. The van der Waals surface area contributed by atoms with Crippen molar-refractivity contribution in [3.63, 3.8) is 0 Å². The number of thioether (sulfide) groups is 1. The fraction of sp³-hybridized carbons (Fsp3) is 0.625. The molecular weight excluding hydrogens is 378 g/mol. The van der Waals surface area contributed by atoms with Crippen molar-refractivity contribution in [1.29, 1.82) is 0 Å². The fourth-order valence-electron chi connectivity index (χ4n) is 2.60. The molecule has 2 rings (SSSR count). The van der Waals surface area contributed by atoms with Crippen LogP contribution in [0.4, 0.5) is 10.6 Å². The molecule has 1 saturated heterocycles. The molecule has 2 heterocycles. The Bertz CT molecular complexity index is 682. The van der Waals surface area contributed by atoms with Crippen molar-refractivity contribution in [3.8, 4) is 0 Å². The topological polar surface area (TPSA) is 98.7 Å². The van der Waals surface area contributed by atoms with E-state index in [-0.39, 0.29) is 28.5 Å². The van der Waals surface area contributed by atoms with E-state index < -0.39 is 5.97 Å². The standard InChI is InChI=1S/C16H24ClN5O3S/c1-10-8-21(5-6-22(10)15(25)20-16(2,3)4)12-7-11(17)18-14(19-12)26-9-13(23)24/h7,10H,5-6,8-9H2,1-4H3,(H,20,25)(H,23,24)/t10-/m0/s1. The first kappa shape index (κ1) is 20.6. The van der Waals surface area contributed by atoms with Gasteiger partial charge in [-0.3, -0.25) is 4.79 Å². The van der Waals surface area contributed by atoms with Crippen molar-refractivity contribution in [3.05, 3.63) is 11.2 Å². The predicted octanol–water partition coefficient (Wildman–Crippen LogP) is 2.33. The van der Waals surface area contributed by atoms with E-state index in [0.717, 1.165) is 11.8 Å². The number of carbonyl (C=O) groups is 2. The average molecular weight is 402 g/mol. The van der Waals surface area contributed by atoms with Crippen LogP contribution in [0.25, 0.3) is 0 Å². The number of halogens is 1. The first-order chi connectivity index (χ1) is 12.0. The minimum Gasteiger partial charge on any atom is -0.481 e. The van der Waals surface area contributed by atoms with Gasteiger partial charge in [-0.15, -0.1) is 0 Å². The van der Waals surface area contributed by atoms with E-state index in [0.29, 0.717) is 30.6 Å². The van der Waals surface area contributed by atoms with E-state index in [2.05, 4.69) is 15.3 Å². The maximum absolute atomic E-state index is 12.4. The van der Waals surface area contributed by atoms with Crippen molar-refractivity contribution >= 4 is 41.2 Å². The van der Waals surface area contributed by atoms with Crippen LogP contribution in [0.2, 0.25) is 5.15 Å². The molecule has 0 aromatic carbocycles. The number of nitrogens with zero attached hydrogens (tertiary/aromatic N) is 4. The minimum atomic E-state index is -0.938. The molecule has 26 heavy (non-hydrogen) atoms. The number of carbonyl (C=O) groups excluding carboxylic acids is 1. The predicted molar refractivity (Wildman–Crippen MR) is 102 cm³/mol. The molecule has 1 aromatic rings. The van der Waals surface area contributed by atoms with Crippen LogP contribution >= 0.6 is 23.4 Å². The summed E-state index contributed by atoms with van der Waals surface area (Å²) in [6, 6.07) is 1.57. The Morgan fingerprint density at radius 1 is 1.38 bits per heavy atom. The van der Waals surface area contributed by atoms with E-state index >= 15 is 0 Å². The highest BCUT2D eigenvalue weighted by atomic mass is 35.5. The zero-order valence-electron chi connectivity index (χ0n) is 15.3. The van der Waals surface area contributed by atoms with E-state index in [9.17, 15) is 9.59 Å². The largest absolute Gasteiger partial charge is 0.481 e. The van der Waals surface area contributed by atoms with Crippen molar-refractivity contribution in [2.24, 2.45) is 0 Å². The lowest BCUT2D eigenvalue weighted by Crippen LogP contribution is -2.59. The zero-order chi connectivity index (χ0) is 19.5. The van der Waals surface area contributed by atoms with Crippen LogP contribution in [0.1, 0.15) is 27.7 Å². The minimum absolute atomic E-state index is 0.00466. The van der Waals surface area contributed by atoms with Crippen LogP contribution in [0, 0.1) is 0 Å². The van der Waals surface area contributed by atoms with Crippen LogP contribution in [0.3, 0.4) is 0 Å². The molecule has 0 bridgehead atoms. The summed E-state index contributed by atoms with van der Waals surface area (Å²) in [5.74, 6) is -0.426. The number of carboxylic acid groups (broad SMARTS) is 1. The number of aliphatic carboxylic acids is 1. The maximum atomic E-state index is 12.4. The summed E-state index contributed by atoms with van der Waals surface area (Å²) in [5.41, 5.74) is -0.287. The molecule has 1 fully saturated rings. The van der Waals surface area contributed by atoms with Crippen molar-refractivity contribution in [2.45, 2.75) is 44.4 Å². The SMILES string of the molecule is C[C@H]1CN(c2cc(Cl)nc(SCC(=O)O)n2)CCN1C(=O)NC(C)(C)C. The molecule has 2 amide bonds. The molecule has 1 aliphatic rings. The molecule has 1 atom stereocenters. The number of hydrogen-bond acceptors (Lipinski definition) is 6. The fourth-order valence-corrected chi connectivity index (χ4v) is 3.40. The van der Waals surface area contributed by atoms with Gasteiger partial charge in [0.15, 0.2) is 5.16 Å². The van der Waals surface area contributed by atoms with Crippen molar-refractivity contribution in [1.82, 2.24) is 20.2 Å². The van der Waals surface area contributed by atoms with E-state index in [1.807, 2.05) is 37.5 Å². The Morgan fingerprint density at radius 3 is 2.65 bits per heavy atom. The molecule has 0 unspecified atom stereocenters. The van der Waals surface area contributed by atoms with Gasteiger partial charge in [-0.05, 0) is 27.7 Å². The first-order valence-electron chi connectivity index (χ1n) is 8.28. The molecule has 144 valence electrons. The summed E-state index contributed by atoms with van der Waals surface area (Å²) in [5, 5.41) is 12.4. The van der Waals surface area contributed by atoms with Gasteiger partial charge in [-0.25, -0.2) is 14.8 Å². The van der Waals surface area contributed by atoms with Gasteiger partial charge >= 0.3 is 12.0 Å². The zero-order valence-corrected chi connectivity index (χ0v) is 16.9. The number of nitrogens with one attached hydrogen (secondary N) is 1. The molecule has 0 spiro atoms. The Kier molecular flexibility index (Phi) is 6.57. The summed E-state index contributed by atoms with van der Waals surface area (Å²) < 4.78 is 0. The third-order valence-electron chi connectivity index (χ3n) is 3.68. The highest BCUT2D eigenvalue weighted by Gasteiger charge is 2.30. The number of aromatic nitrogens is 2. The normalized spacial score (nSPS) is 18.0. The Hall–Kier alpha value is -1.74. The number of hydrogen-bond donors (Lipinski definition) is 2. The van der Waals surface area contributed by atoms with Gasteiger partial charge in [0.25, 0.3) is 0 Å². The second kappa shape index (κ2) is 8.30. The van der Waals surface area contributed by atoms with Gasteiger partial charge in [-0.1, -0.05) is 23.4 Å². The van der Waals surface area contributed by atoms with Crippen LogP contribution in [0.15, 0.2) is 11.2 Å². The highest BCUT2D eigenvalue weighted by Crippen LogP contribution is 2.24. The van der Waals surface area contributed by atoms with Crippen molar-refractivity contribution in [2.75, 3.05) is 30.3 Å². The molecular formula is C16H24ClN5O3S. The molecule has 1 aromatic heterocycles. The number of urea groups is 1. The molecule has 0 aliphatic carbocycles. The first-order valence-corrected chi connectivity index (χ1v) is 9.64. The molecule has 0 saturated carbocycles. The summed E-state index contributed by atoms with van der Waals surface area (Å²) in [6.07, 6.45) is 0. The monoisotopic (exact) mass is 401 g/mol. The molecule has 1 aliphatic heterocycles. The summed E-state index contributed by atoms with van der Waals surface area (Å²) >= 11 is 7.09. The van der Waals surface area contributed by atoms with Gasteiger partial charge in [-0.2, -0.15) is 0 Å². The smallest absolute Gasteiger partial charge is 0.318 e. The number of piperazine rings is 1. The third-order valence-corrected chi connectivity index (χ3v) is 4.71.